The fourth-order valence-corrected chi connectivity index (χ4v) is 6.01. The van der Waals surface area contributed by atoms with Crippen LogP contribution in [0.15, 0.2) is 11.4 Å². The molecule has 2 aliphatic carbocycles. The lowest BCUT2D eigenvalue weighted by Gasteiger charge is -2.45. The zero-order valence-electron chi connectivity index (χ0n) is 15.3. The maximum atomic E-state index is 12.5. The van der Waals surface area contributed by atoms with Crippen molar-refractivity contribution in [3.8, 4) is 0 Å². The topological polar surface area (TPSA) is 75.4 Å². The molecule has 3 N–H and O–H groups in total. The van der Waals surface area contributed by atoms with E-state index in [1.807, 2.05) is 4.90 Å². The third-order valence-electron chi connectivity index (χ3n) is 6.43. The minimum absolute atomic E-state index is 0.0314. The number of amides is 2. The minimum atomic E-state index is 0.0314. The standard InChI is InChI=1S/C20H29N3O2S/c21-16-10-13-2-1-3-14(11-16)20(13)22-18(24)4-5-19(25)23-8-6-17-15(12-23)7-9-26-17/h7,9,13-14,16,20H,1-6,8,10-12,21H2,(H,22,24). The lowest BCUT2D eigenvalue weighted by Crippen LogP contribution is -2.53. The minimum Gasteiger partial charge on any atom is -0.353 e. The Morgan fingerprint density at radius 1 is 1.23 bits per heavy atom. The maximum Gasteiger partial charge on any atom is 0.223 e. The summed E-state index contributed by atoms with van der Waals surface area (Å²) in [5, 5.41) is 5.34. The molecule has 2 bridgehead atoms. The Morgan fingerprint density at radius 3 is 2.77 bits per heavy atom. The third kappa shape index (κ3) is 3.81. The Morgan fingerprint density at radius 2 is 2.00 bits per heavy atom. The maximum absolute atomic E-state index is 12.5. The van der Waals surface area contributed by atoms with Gasteiger partial charge in [0, 0.05) is 42.9 Å². The highest BCUT2D eigenvalue weighted by atomic mass is 32.1. The van der Waals surface area contributed by atoms with Crippen molar-refractivity contribution in [2.75, 3.05) is 6.54 Å². The van der Waals surface area contributed by atoms with E-state index in [9.17, 15) is 9.59 Å². The van der Waals surface area contributed by atoms with Gasteiger partial charge in [-0.25, -0.2) is 0 Å². The summed E-state index contributed by atoms with van der Waals surface area (Å²) in [5.41, 5.74) is 7.43. The molecule has 1 aromatic heterocycles. The van der Waals surface area contributed by atoms with Crippen LogP contribution in [0.4, 0.5) is 0 Å². The predicted octanol–water partition coefficient (Wildman–Crippen LogP) is 2.44. The summed E-state index contributed by atoms with van der Waals surface area (Å²) in [7, 11) is 0. The van der Waals surface area contributed by atoms with Crippen molar-refractivity contribution in [2.24, 2.45) is 17.6 Å². The number of hydrogen-bond donors (Lipinski definition) is 2. The lowest BCUT2D eigenvalue weighted by molar-refractivity contribution is -0.134. The van der Waals surface area contributed by atoms with E-state index in [1.54, 1.807) is 11.3 Å². The number of thiophene rings is 1. The molecule has 2 fully saturated rings. The van der Waals surface area contributed by atoms with Gasteiger partial charge in [0.15, 0.2) is 0 Å². The van der Waals surface area contributed by atoms with E-state index in [2.05, 4.69) is 16.8 Å². The van der Waals surface area contributed by atoms with Gasteiger partial charge in [-0.05, 0) is 60.9 Å². The zero-order chi connectivity index (χ0) is 18.1. The number of hydrogen-bond acceptors (Lipinski definition) is 4. The number of nitrogens with zero attached hydrogens (tertiary/aromatic N) is 1. The molecule has 2 unspecified atom stereocenters. The van der Waals surface area contributed by atoms with Gasteiger partial charge in [0.05, 0.1) is 0 Å². The lowest BCUT2D eigenvalue weighted by atomic mass is 9.67. The van der Waals surface area contributed by atoms with E-state index in [0.717, 1.165) is 25.8 Å². The molecule has 0 radical (unpaired) electrons. The van der Waals surface area contributed by atoms with Gasteiger partial charge >= 0.3 is 0 Å². The number of carbonyl (C=O) groups is 2. The molecule has 3 aliphatic rings. The summed E-state index contributed by atoms with van der Waals surface area (Å²) in [4.78, 5) is 28.3. The quantitative estimate of drug-likeness (QED) is 0.849. The van der Waals surface area contributed by atoms with Crippen LogP contribution in [-0.4, -0.2) is 35.3 Å². The van der Waals surface area contributed by atoms with E-state index in [-0.39, 0.29) is 17.9 Å². The van der Waals surface area contributed by atoms with Crippen molar-refractivity contribution in [3.63, 3.8) is 0 Å². The molecule has 2 heterocycles. The van der Waals surface area contributed by atoms with E-state index in [1.165, 1.54) is 29.7 Å². The van der Waals surface area contributed by atoms with Crippen molar-refractivity contribution >= 4 is 23.2 Å². The van der Waals surface area contributed by atoms with Gasteiger partial charge in [-0.2, -0.15) is 0 Å². The molecule has 142 valence electrons. The largest absolute Gasteiger partial charge is 0.353 e. The van der Waals surface area contributed by atoms with Gasteiger partial charge in [-0.1, -0.05) is 6.42 Å². The number of nitrogens with one attached hydrogen (secondary N) is 1. The molecule has 2 amide bonds. The summed E-state index contributed by atoms with van der Waals surface area (Å²) in [6.07, 6.45) is 7.20. The molecule has 6 heteroatoms. The molecule has 2 saturated carbocycles. The molecular weight excluding hydrogens is 346 g/mol. The smallest absolute Gasteiger partial charge is 0.223 e. The van der Waals surface area contributed by atoms with Crippen LogP contribution < -0.4 is 11.1 Å². The summed E-state index contributed by atoms with van der Waals surface area (Å²) in [6, 6.07) is 2.68. The molecule has 4 rings (SSSR count). The Hall–Kier alpha value is -1.40. The van der Waals surface area contributed by atoms with Gasteiger partial charge in [0.1, 0.15) is 0 Å². The second-order valence-electron chi connectivity index (χ2n) is 8.21. The van der Waals surface area contributed by atoms with Crippen LogP contribution >= 0.6 is 11.3 Å². The Balaban J connectivity index is 1.26. The van der Waals surface area contributed by atoms with Crippen molar-refractivity contribution in [1.29, 1.82) is 0 Å². The molecule has 1 aliphatic heterocycles. The zero-order valence-corrected chi connectivity index (χ0v) is 16.1. The van der Waals surface area contributed by atoms with Crippen LogP contribution in [0, 0.1) is 11.8 Å². The summed E-state index contributed by atoms with van der Waals surface area (Å²) < 4.78 is 0. The first-order valence-corrected chi connectivity index (χ1v) is 10.9. The number of nitrogens with two attached hydrogens (primary N) is 1. The van der Waals surface area contributed by atoms with Gasteiger partial charge in [-0.3, -0.25) is 9.59 Å². The molecular formula is C20H29N3O2S. The van der Waals surface area contributed by atoms with Crippen LogP contribution in [-0.2, 0) is 22.6 Å². The van der Waals surface area contributed by atoms with Gasteiger partial charge in [-0.15, -0.1) is 11.3 Å². The van der Waals surface area contributed by atoms with Crippen LogP contribution in [0.1, 0.15) is 55.4 Å². The van der Waals surface area contributed by atoms with Crippen molar-refractivity contribution in [1.82, 2.24) is 10.2 Å². The van der Waals surface area contributed by atoms with Crippen molar-refractivity contribution in [2.45, 2.75) is 70.0 Å². The normalized spacial score (nSPS) is 30.6. The average molecular weight is 376 g/mol. The predicted molar refractivity (Wildman–Crippen MR) is 103 cm³/mol. The highest BCUT2D eigenvalue weighted by molar-refractivity contribution is 7.10. The number of carbonyl (C=O) groups excluding carboxylic acids is 2. The fraction of sp³-hybridized carbons (Fsp3) is 0.700. The third-order valence-corrected chi connectivity index (χ3v) is 7.45. The summed E-state index contributed by atoms with van der Waals surface area (Å²) >= 11 is 1.77. The van der Waals surface area contributed by atoms with E-state index >= 15 is 0 Å². The van der Waals surface area contributed by atoms with Crippen LogP contribution in [0.25, 0.3) is 0 Å². The second-order valence-corrected chi connectivity index (χ2v) is 9.21. The average Bonchev–Trinajstić information content (AvgIpc) is 3.08. The fourth-order valence-electron chi connectivity index (χ4n) is 5.12. The number of rotatable bonds is 4. The second kappa shape index (κ2) is 7.69. The molecule has 0 spiro atoms. The highest BCUT2D eigenvalue weighted by Crippen LogP contribution is 2.39. The van der Waals surface area contributed by atoms with E-state index in [4.69, 9.17) is 5.73 Å². The Labute approximate surface area is 159 Å². The first-order chi connectivity index (χ1) is 12.6. The van der Waals surface area contributed by atoms with Gasteiger partial charge < -0.3 is 16.0 Å². The molecule has 0 saturated heterocycles. The first-order valence-electron chi connectivity index (χ1n) is 9.98. The van der Waals surface area contributed by atoms with Crippen molar-refractivity contribution < 1.29 is 9.59 Å². The van der Waals surface area contributed by atoms with Crippen LogP contribution in [0.2, 0.25) is 0 Å². The van der Waals surface area contributed by atoms with Crippen molar-refractivity contribution in [3.05, 3.63) is 21.9 Å². The monoisotopic (exact) mass is 375 g/mol. The van der Waals surface area contributed by atoms with Gasteiger partial charge in [0.2, 0.25) is 11.8 Å². The molecule has 5 nitrogen and oxygen atoms in total. The molecule has 26 heavy (non-hydrogen) atoms. The van der Waals surface area contributed by atoms with Crippen LogP contribution in [0.5, 0.6) is 0 Å². The molecule has 0 aromatic carbocycles. The number of fused-ring (bicyclic) bond motifs is 3. The first kappa shape index (κ1) is 18.0. The van der Waals surface area contributed by atoms with Gasteiger partial charge in [0.25, 0.3) is 0 Å². The summed E-state index contributed by atoms with van der Waals surface area (Å²) in [5.74, 6) is 1.18. The van der Waals surface area contributed by atoms with E-state index in [0.29, 0.717) is 37.3 Å². The highest BCUT2D eigenvalue weighted by Gasteiger charge is 2.39. The Kier molecular flexibility index (Phi) is 5.32. The molecule has 2 atom stereocenters. The van der Waals surface area contributed by atoms with Crippen LogP contribution in [0.3, 0.4) is 0 Å². The van der Waals surface area contributed by atoms with E-state index < -0.39 is 0 Å². The molecule has 1 aromatic rings. The summed E-state index contributed by atoms with van der Waals surface area (Å²) in [6.45, 7) is 1.47. The Bertz CT molecular complexity index is 660. The SMILES string of the molecule is NC1CC2CCCC(C1)C2NC(=O)CCC(=O)N1CCc2sccc2C1.